The first kappa shape index (κ1) is 26.4. The molecule has 0 amide bonds. The van der Waals surface area contributed by atoms with E-state index in [4.69, 9.17) is 19.2 Å². The van der Waals surface area contributed by atoms with E-state index in [-0.39, 0.29) is 5.56 Å². The van der Waals surface area contributed by atoms with Gasteiger partial charge in [-0.05, 0) is 48.6 Å². The Kier molecular flexibility index (Phi) is 8.28. The Hall–Kier alpha value is -3.65. The third-order valence-electron chi connectivity index (χ3n) is 5.90. The number of hydrogen-bond acceptors (Lipinski definition) is 7. The Morgan fingerprint density at radius 1 is 1.11 bits per heavy atom. The molecule has 1 aliphatic rings. The lowest BCUT2D eigenvalue weighted by Gasteiger charge is -2.25. The van der Waals surface area contributed by atoms with E-state index >= 15 is 0 Å². The van der Waals surface area contributed by atoms with E-state index in [1.807, 2.05) is 68.5 Å². The molecule has 194 valence electrons. The van der Waals surface area contributed by atoms with Gasteiger partial charge in [-0.2, -0.15) is 0 Å². The Morgan fingerprint density at radius 3 is 2.51 bits per heavy atom. The molecule has 8 heteroatoms. The number of rotatable bonds is 9. The number of carbonyl (C=O) groups excluding carboxylic acids is 1. The second-order valence-corrected chi connectivity index (χ2v) is 10.1. The first-order valence-electron chi connectivity index (χ1n) is 12.5. The summed E-state index contributed by atoms with van der Waals surface area (Å²) in [6.45, 7) is 9.12. The molecule has 0 aliphatic carbocycles. The van der Waals surface area contributed by atoms with E-state index in [1.165, 1.54) is 18.4 Å². The van der Waals surface area contributed by atoms with E-state index in [0.29, 0.717) is 57.7 Å². The summed E-state index contributed by atoms with van der Waals surface area (Å²) in [5.74, 6) is 1.21. The summed E-state index contributed by atoms with van der Waals surface area (Å²) in [4.78, 5) is 31.9. The number of benzene rings is 2. The molecular formula is C29H32N2O5S. The van der Waals surface area contributed by atoms with Gasteiger partial charge in [-0.15, -0.1) is 0 Å². The number of ether oxygens (including phenoxy) is 3. The fourth-order valence-electron chi connectivity index (χ4n) is 4.22. The normalized spacial score (nSPS) is 15.4. The number of nitrogens with zero attached hydrogens (tertiary/aromatic N) is 2. The van der Waals surface area contributed by atoms with Gasteiger partial charge >= 0.3 is 5.97 Å². The number of hydrogen-bond donors (Lipinski definition) is 0. The predicted molar refractivity (Wildman–Crippen MR) is 145 cm³/mol. The fraction of sp³-hybridized carbons (Fsp3) is 0.345. The molecule has 0 radical (unpaired) electrons. The first-order valence-corrected chi connectivity index (χ1v) is 13.3. The molecule has 0 saturated carbocycles. The molecule has 7 nitrogen and oxygen atoms in total. The van der Waals surface area contributed by atoms with Gasteiger partial charge in [0.1, 0.15) is 0 Å². The highest BCUT2D eigenvalue weighted by Gasteiger charge is 2.33. The minimum absolute atomic E-state index is 0.216. The third kappa shape index (κ3) is 5.54. The van der Waals surface area contributed by atoms with Crippen molar-refractivity contribution in [1.29, 1.82) is 0 Å². The summed E-state index contributed by atoms with van der Waals surface area (Å²) in [6, 6.07) is 14.5. The average Bonchev–Trinajstić information content (AvgIpc) is 3.21. The lowest BCUT2D eigenvalue weighted by molar-refractivity contribution is -0.136. The monoisotopic (exact) mass is 520 g/mol. The highest BCUT2D eigenvalue weighted by Crippen LogP contribution is 2.32. The summed E-state index contributed by atoms with van der Waals surface area (Å²) < 4.78 is 18.9. The molecule has 0 saturated heterocycles. The van der Waals surface area contributed by atoms with Crippen molar-refractivity contribution in [2.45, 2.75) is 40.2 Å². The second kappa shape index (κ2) is 11.6. The quantitative estimate of drug-likeness (QED) is 0.395. The predicted octanol–water partition coefficient (Wildman–Crippen LogP) is 4.23. The maximum absolute atomic E-state index is 13.8. The van der Waals surface area contributed by atoms with Crippen LogP contribution in [-0.4, -0.2) is 30.9 Å². The summed E-state index contributed by atoms with van der Waals surface area (Å²) >= 11 is 1.30. The van der Waals surface area contributed by atoms with E-state index in [2.05, 4.69) is 13.8 Å². The van der Waals surface area contributed by atoms with E-state index in [0.717, 1.165) is 11.1 Å². The number of aromatic nitrogens is 1. The summed E-state index contributed by atoms with van der Waals surface area (Å²) in [7, 11) is 1.35. The van der Waals surface area contributed by atoms with Gasteiger partial charge in [-0.1, -0.05) is 68.5 Å². The van der Waals surface area contributed by atoms with Gasteiger partial charge in [0, 0.05) is 0 Å². The highest BCUT2D eigenvalue weighted by atomic mass is 32.1. The molecule has 0 bridgehead atoms. The number of fused-ring (bicyclic) bond motifs is 1. The van der Waals surface area contributed by atoms with Gasteiger partial charge in [0.25, 0.3) is 5.56 Å². The maximum atomic E-state index is 13.8. The number of esters is 1. The van der Waals surface area contributed by atoms with Crippen molar-refractivity contribution in [2.75, 3.05) is 20.3 Å². The minimum Gasteiger partial charge on any atom is -0.490 e. The Morgan fingerprint density at radius 2 is 1.86 bits per heavy atom. The van der Waals surface area contributed by atoms with E-state index < -0.39 is 12.0 Å². The first-order chi connectivity index (χ1) is 17.9. The summed E-state index contributed by atoms with van der Waals surface area (Å²) in [6.07, 6.45) is 2.36. The van der Waals surface area contributed by atoms with Crippen molar-refractivity contribution >= 4 is 23.4 Å². The molecule has 1 aliphatic heterocycles. The molecule has 1 aromatic heterocycles. The van der Waals surface area contributed by atoms with E-state index in [9.17, 15) is 9.59 Å². The van der Waals surface area contributed by atoms with Crippen molar-refractivity contribution in [2.24, 2.45) is 10.9 Å². The molecule has 1 atom stereocenters. The van der Waals surface area contributed by atoms with Crippen LogP contribution < -0.4 is 24.4 Å². The summed E-state index contributed by atoms with van der Waals surface area (Å²) in [5, 5.41) is 0. The van der Waals surface area contributed by atoms with Crippen molar-refractivity contribution in [1.82, 2.24) is 4.57 Å². The number of thiazole rings is 1. The molecule has 37 heavy (non-hydrogen) atoms. The Balaban J connectivity index is 1.86. The molecule has 2 aromatic carbocycles. The third-order valence-corrected chi connectivity index (χ3v) is 6.89. The second-order valence-electron chi connectivity index (χ2n) is 9.04. The van der Waals surface area contributed by atoms with Gasteiger partial charge in [0.2, 0.25) is 0 Å². The van der Waals surface area contributed by atoms with Crippen LogP contribution in [0.15, 0.2) is 69.6 Å². The summed E-state index contributed by atoms with van der Waals surface area (Å²) in [5.41, 5.74) is 2.43. The van der Waals surface area contributed by atoms with Crippen LogP contribution in [0.25, 0.3) is 6.08 Å². The van der Waals surface area contributed by atoms with Crippen molar-refractivity contribution in [3.63, 3.8) is 0 Å². The molecular weight excluding hydrogens is 488 g/mol. The Labute approximate surface area is 220 Å². The van der Waals surface area contributed by atoms with Crippen molar-refractivity contribution in [3.05, 3.63) is 90.6 Å². The molecule has 3 aromatic rings. The molecule has 4 rings (SSSR count). The van der Waals surface area contributed by atoms with Crippen LogP contribution in [-0.2, 0) is 9.53 Å². The topological polar surface area (TPSA) is 79.1 Å². The van der Waals surface area contributed by atoms with Crippen LogP contribution in [0.1, 0.15) is 51.3 Å². The molecule has 2 heterocycles. The van der Waals surface area contributed by atoms with Gasteiger partial charge in [0.05, 0.1) is 42.2 Å². The van der Waals surface area contributed by atoms with Crippen LogP contribution in [0.5, 0.6) is 11.5 Å². The highest BCUT2D eigenvalue weighted by molar-refractivity contribution is 7.07. The lowest BCUT2D eigenvalue weighted by Crippen LogP contribution is -2.40. The zero-order valence-corrected chi connectivity index (χ0v) is 22.6. The van der Waals surface area contributed by atoms with Gasteiger partial charge in [-0.3, -0.25) is 9.36 Å². The van der Waals surface area contributed by atoms with Gasteiger partial charge in [-0.25, -0.2) is 9.79 Å². The molecule has 0 N–H and O–H groups in total. The zero-order valence-electron chi connectivity index (χ0n) is 21.8. The molecule has 0 fully saturated rings. The van der Waals surface area contributed by atoms with Crippen LogP contribution in [0.4, 0.5) is 0 Å². The number of methoxy groups -OCH3 is 1. The number of carbonyl (C=O) groups is 1. The standard InChI is InChI=1S/C29H32N2O5S/c1-6-21-25(28(33)34-5)26(20-11-9-8-10-12-20)31-27(32)24(37-29(31)30-21)16-19-13-14-22(36-17-18(3)4)23(15-19)35-7-2/h8-16,18,26H,6-7,17H2,1-5H3/b24-16-/t26-/m1/s1. The van der Waals surface area contributed by atoms with Gasteiger partial charge in [0.15, 0.2) is 16.3 Å². The fourth-order valence-corrected chi connectivity index (χ4v) is 5.24. The largest absolute Gasteiger partial charge is 0.490 e. The maximum Gasteiger partial charge on any atom is 0.338 e. The van der Waals surface area contributed by atoms with Crippen LogP contribution in [0.2, 0.25) is 0 Å². The van der Waals surface area contributed by atoms with Crippen molar-refractivity contribution in [3.8, 4) is 11.5 Å². The molecule has 0 unspecified atom stereocenters. The Bertz CT molecular complexity index is 1480. The smallest absolute Gasteiger partial charge is 0.338 e. The van der Waals surface area contributed by atoms with Crippen LogP contribution in [0, 0.1) is 5.92 Å². The molecule has 0 spiro atoms. The minimum atomic E-state index is -0.618. The van der Waals surface area contributed by atoms with Crippen molar-refractivity contribution < 1.29 is 19.0 Å². The zero-order chi connectivity index (χ0) is 26.5. The lowest BCUT2D eigenvalue weighted by atomic mass is 9.95. The van der Waals surface area contributed by atoms with Crippen LogP contribution >= 0.6 is 11.3 Å². The SMILES string of the molecule is CCOc1cc(/C=c2\sc3n(c2=O)[C@H](c2ccccc2)C(C(=O)OC)=C(CC)N=3)ccc1OCC(C)C. The van der Waals surface area contributed by atoms with E-state index in [1.54, 1.807) is 4.57 Å². The number of allylic oxidation sites excluding steroid dienone is 1. The van der Waals surface area contributed by atoms with Gasteiger partial charge < -0.3 is 14.2 Å². The average molecular weight is 521 g/mol. The van der Waals surface area contributed by atoms with Crippen LogP contribution in [0.3, 0.4) is 0 Å².